The van der Waals surface area contributed by atoms with Crippen molar-refractivity contribution in [1.82, 2.24) is 9.80 Å². The van der Waals surface area contributed by atoms with Crippen molar-refractivity contribution in [1.29, 1.82) is 0 Å². The Bertz CT molecular complexity index is 245. The maximum absolute atomic E-state index is 5.82. The third-order valence-electron chi connectivity index (χ3n) is 4.77. The van der Waals surface area contributed by atoms with E-state index in [0.29, 0.717) is 26.4 Å². The minimum atomic E-state index is 0.657. The normalized spacial score (nSPS) is 30.5. The molecule has 0 aliphatic carbocycles. The van der Waals surface area contributed by atoms with E-state index in [2.05, 4.69) is 9.80 Å². The van der Waals surface area contributed by atoms with Crippen LogP contribution in [-0.4, -0.2) is 115 Å². The number of rotatable bonds is 0. The third kappa shape index (κ3) is 11.4. The van der Waals surface area contributed by atoms with Crippen LogP contribution < -0.4 is 0 Å². The van der Waals surface area contributed by atoms with Gasteiger partial charge in [0, 0.05) is 39.3 Å². The van der Waals surface area contributed by atoms with Gasteiger partial charge in [0.1, 0.15) is 0 Å². The summed E-state index contributed by atoms with van der Waals surface area (Å²) in [4.78, 5) is 4.79. The van der Waals surface area contributed by atoms with E-state index in [1.807, 2.05) is 0 Å². The average Bonchev–Trinajstić information content (AvgIpc) is 2.65. The highest BCUT2D eigenvalue weighted by molar-refractivity contribution is 4.60. The van der Waals surface area contributed by atoms with Crippen LogP contribution in [0.3, 0.4) is 0 Å². The Morgan fingerprint density at radius 3 is 1.15 bits per heavy atom. The van der Waals surface area contributed by atoms with Gasteiger partial charge < -0.3 is 23.7 Å². The molecule has 2 bridgehead atoms. The Morgan fingerprint density at radius 1 is 0.308 bits per heavy atom. The molecular formula is C19H38N2O5. The summed E-state index contributed by atoms with van der Waals surface area (Å²) in [6.45, 7) is 12.9. The van der Waals surface area contributed by atoms with Crippen LogP contribution in [0.1, 0.15) is 19.3 Å². The van der Waals surface area contributed by atoms with E-state index in [9.17, 15) is 0 Å². The minimum Gasteiger partial charge on any atom is -0.380 e. The fraction of sp³-hybridized carbons (Fsp3) is 1.00. The van der Waals surface area contributed by atoms with E-state index in [1.165, 1.54) is 12.8 Å². The standard InChI is InChI=1S/C19H38N2O5/c1-2-4-20-5-12-23-16-18-25-14-8-21(7-11-22-10-3-1)9-15-26-19-17-24-13-6-20/h1-19H2. The van der Waals surface area contributed by atoms with Gasteiger partial charge in [-0.3, -0.25) is 9.80 Å². The van der Waals surface area contributed by atoms with E-state index in [1.54, 1.807) is 0 Å². The van der Waals surface area contributed by atoms with Crippen molar-refractivity contribution < 1.29 is 23.7 Å². The second-order valence-electron chi connectivity index (χ2n) is 6.81. The van der Waals surface area contributed by atoms with Gasteiger partial charge in [-0.2, -0.15) is 0 Å². The molecule has 0 aromatic rings. The number of fused-ring (bicyclic) bond motifs is 21. The van der Waals surface area contributed by atoms with Crippen molar-refractivity contribution in [3.63, 3.8) is 0 Å². The molecule has 0 unspecified atom stereocenters. The van der Waals surface area contributed by atoms with Crippen LogP contribution >= 0.6 is 0 Å². The molecule has 0 aromatic heterocycles. The Labute approximate surface area is 158 Å². The van der Waals surface area contributed by atoms with Crippen LogP contribution in [0, 0.1) is 0 Å². The fourth-order valence-electron chi connectivity index (χ4n) is 3.10. The first-order valence-electron chi connectivity index (χ1n) is 10.3. The van der Waals surface area contributed by atoms with Gasteiger partial charge in [-0.25, -0.2) is 0 Å². The van der Waals surface area contributed by atoms with E-state index >= 15 is 0 Å². The van der Waals surface area contributed by atoms with Crippen molar-refractivity contribution in [3.05, 3.63) is 0 Å². The van der Waals surface area contributed by atoms with Gasteiger partial charge in [-0.15, -0.1) is 0 Å². The molecule has 3 heterocycles. The number of ether oxygens (including phenoxy) is 5. The molecule has 154 valence electrons. The van der Waals surface area contributed by atoms with E-state index in [4.69, 9.17) is 23.7 Å². The Morgan fingerprint density at radius 2 is 0.692 bits per heavy atom. The Kier molecular flexibility index (Phi) is 13.3. The zero-order chi connectivity index (χ0) is 18.1. The first-order valence-corrected chi connectivity index (χ1v) is 10.3. The molecule has 0 radical (unpaired) electrons. The van der Waals surface area contributed by atoms with Gasteiger partial charge >= 0.3 is 0 Å². The zero-order valence-electron chi connectivity index (χ0n) is 16.4. The SMILES string of the molecule is C1CCOCCN2CCOCCOCCN(CC1)CCOCCOCC2. The first-order chi connectivity index (χ1) is 12.9. The summed E-state index contributed by atoms with van der Waals surface area (Å²) < 4.78 is 28.7. The fourth-order valence-corrected chi connectivity index (χ4v) is 3.10. The van der Waals surface area contributed by atoms with E-state index in [-0.39, 0.29) is 0 Å². The second kappa shape index (κ2) is 15.7. The Hall–Kier alpha value is -0.280. The average molecular weight is 375 g/mol. The van der Waals surface area contributed by atoms with Crippen LogP contribution in [0.4, 0.5) is 0 Å². The maximum Gasteiger partial charge on any atom is 0.0701 e. The molecule has 3 aliphatic rings. The predicted octanol–water partition coefficient (Wildman–Crippen LogP) is 0.871. The van der Waals surface area contributed by atoms with Crippen molar-refractivity contribution in [2.24, 2.45) is 0 Å². The lowest BCUT2D eigenvalue weighted by Gasteiger charge is -2.24. The first kappa shape index (κ1) is 22.0. The van der Waals surface area contributed by atoms with Gasteiger partial charge in [-0.05, 0) is 25.8 Å². The molecular weight excluding hydrogens is 336 g/mol. The molecule has 7 nitrogen and oxygen atoms in total. The molecule has 3 rings (SSSR count). The summed E-state index contributed by atoms with van der Waals surface area (Å²) in [6, 6.07) is 0. The summed E-state index contributed by atoms with van der Waals surface area (Å²) in [7, 11) is 0. The van der Waals surface area contributed by atoms with Crippen LogP contribution in [0.15, 0.2) is 0 Å². The molecule has 0 N–H and O–H groups in total. The summed E-state index contributed by atoms with van der Waals surface area (Å²) in [5.41, 5.74) is 0. The van der Waals surface area contributed by atoms with Gasteiger partial charge in [0.2, 0.25) is 0 Å². The third-order valence-corrected chi connectivity index (χ3v) is 4.77. The lowest BCUT2D eigenvalue weighted by atomic mass is 10.2. The zero-order valence-corrected chi connectivity index (χ0v) is 16.4. The molecule has 0 amide bonds. The number of nitrogens with zero attached hydrogens (tertiary/aromatic N) is 2. The molecule has 3 saturated heterocycles. The highest BCUT2D eigenvalue weighted by Crippen LogP contribution is 2.01. The summed E-state index contributed by atoms with van der Waals surface area (Å²) in [6.07, 6.45) is 3.54. The number of hydrogen-bond donors (Lipinski definition) is 0. The number of hydrogen-bond acceptors (Lipinski definition) is 7. The lowest BCUT2D eigenvalue weighted by Crippen LogP contribution is -2.35. The van der Waals surface area contributed by atoms with Crippen LogP contribution in [0.5, 0.6) is 0 Å². The van der Waals surface area contributed by atoms with Crippen LogP contribution in [-0.2, 0) is 23.7 Å². The molecule has 0 aromatic carbocycles. The molecule has 0 atom stereocenters. The quantitative estimate of drug-likeness (QED) is 0.624. The van der Waals surface area contributed by atoms with Crippen molar-refractivity contribution in [3.8, 4) is 0 Å². The second-order valence-corrected chi connectivity index (χ2v) is 6.81. The molecule has 0 spiro atoms. The minimum absolute atomic E-state index is 0.657. The van der Waals surface area contributed by atoms with Crippen molar-refractivity contribution in [2.75, 3.05) is 105 Å². The van der Waals surface area contributed by atoms with Gasteiger partial charge in [0.25, 0.3) is 0 Å². The smallest absolute Gasteiger partial charge is 0.0701 e. The highest BCUT2D eigenvalue weighted by Gasteiger charge is 2.08. The van der Waals surface area contributed by atoms with Gasteiger partial charge in [0.15, 0.2) is 0 Å². The van der Waals surface area contributed by atoms with Crippen LogP contribution in [0.25, 0.3) is 0 Å². The monoisotopic (exact) mass is 374 g/mol. The summed E-state index contributed by atoms with van der Waals surface area (Å²) in [5.74, 6) is 0. The molecule has 0 saturated carbocycles. The van der Waals surface area contributed by atoms with Gasteiger partial charge in [0.05, 0.1) is 59.5 Å². The highest BCUT2D eigenvalue weighted by atomic mass is 16.5. The predicted molar refractivity (Wildman–Crippen MR) is 101 cm³/mol. The molecule has 3 aliphatic heterocycles. The summed E-state index contributed by atoms with van der Waals surface area (Å²) >= 11 is 0. The summed E-state index contributed by atoms with van der Waals surface area (Å²) in [5, 5.41) is 0. The van der Waals surface area contributed by atoms with Gasteiger partial charge in [-0.1, -0.05) is 0 Å². The van der Waals surface area contributed by atoms with E-state index < -0.39 is 0 Å². The van der Waals surface area contributed by atoms with Crippen molar-refractivity contribution >= 4 is 0 Å². The lowest BCUT2D eigenvalue weighted by molar-refractivity contribution is 0.00281. The molecule has 3 fully saturated rings. The maximum atomic E-state index is 5.82. The topological polar surface area (TPSA) is 52.6 Å². The van der Waals surface area contributed by atoms with Crippen LogP contribution in [0.2, 0.25) is 0 Å². The van der Waals surface area contributed by atoms with Crippen molar-refractivity contribution in [2.45, 2.75) is 19.3 Å². The molecule has 26 heavy (non-hydrogen) atoms. The van der Waals surface area contributed by atoms with E-state index in [0.717, 1.165) is 85.3 Å². The molecule has 7 heteroatoms. The largest absolute Gasteiger partial charge is 0.380 e. The Balaban J connectivity index is 1.87.